The van der Waals surface area contributed by atoms with Gasteiger partial charge in [0.1, 0.15) is 24.7 Å². The fourth-order valence-corrected chi connectivity index (χ4v) is 1.36. The second-order valence-electron chi connectivity index (χ2n) is 3.14. The average Bonchev–Trinajstić information content (AvgIpc) is 2.27. The molecule has 6 nitrogen and oxygen atoms in total. The average molecular weight is 208 g/mol. The zero-order valence-corrected chi connectivity index (χ0v) is 7.67. The number of hydrogen-bond acceptors (Lipinski definition) is 5. The van der Waals surface area contributed by atoms with Crippen LogP contribution in [0.5, 0.6) is 5.75 Å². The Kier molecular flexibility index (Phi) is 2.24. The van der Waals surface area contributed by atoms with Crippen LogP contribution in [0.3, 0.4) is 0 Å². The quantitative estimate of drug-likeness (QED) is 0.445. The number of non-ortho nitro benzene ring substituents is 1. The molecule has 0 aliphatic carbocycles. The van der Waals surface area contributed by atoms with Crippen molar-refractivity contribution >= 4 is 17.7 Å². The van der Waals surface area contributed by atoms with Crippen molar-refractivity contribution in [3.63, 3.8) is 0 Å². The van der Waals surface area contributed by atoms with E-state index in [1.807, 2.05) is 0 Å². The van der Waals surface area contributed by atoms with Crippen LogP contribution in [0.25, 0.3) is 0 Å². The van der Waals surface area contributed by atoms with Crippen molar-refractivity contribution in [1.29, 1.82) is 0 Å². The van der Waals surface area contributed by atoms with Gasteiger partial charge in [-0.3, -0.25) is 10.1 Å². The van der Waals surface area contributed by atoms with Gasteiger partial charge in [-0.05, 0) is 6.07 Å². The minimum absolute atomic E-state index is 0.0311. The molecule has 0 fully saturated rings. The highest BCUT2D eigenvalue weighted by atomic mass is 16.6. The van der Waals surface area contributed by atoms with E-state index in [2.05, 4.69) is 5.32 Å². The molecule has 1 unspecified atom stereocenters. The number of benzene rings is 1. The summed E-state index contributed by atoms with van der Waals surface area (Å²) in [6.07, 6.45) is 0.710. The maximum atomic E-state index is 10.5. The van der Waals surface area contributed by atoms with E-state index in [-0.39, 0.29) is 12.3 Å². The SMILES string of the molecule is O=CC1COc2ccc([N+](=O)[O-])cc2N1. The van der Waals surface area contributed by atoms with E-state index in [1.54, 1.807) is 0 Å². The number of nitrogens with zero attached hydrogens (tertiary/aromatic N) is 1. The van der Waals surface area contributed by atoms with Crippen LogP contribution < -0.4 is 10.1 Å². The summed E-state index contributed by atoms with van der Waals surface area (Å²) >= 11 is 0. The second-order valence-corrected chi connectivity index (χ2v) is 3.14. The van der Waals surface area contributed by atoms with Crippen molar-refractivity contribution in [2.24, 2.45) is 0 Å². The lowest BCUT2D eigenvalue weighted by Gasteiger charge is -2.23. The first-order chi connectivity index (χ1) is 7.20. The molecule has 2 rings (SSSR count). The predicted octanol–water partition coefficient (Wildman–Crippen LogP) is 0.967. The molecule has 1 aliphatic heterocycles. The fraction of sp³-hybridized carbons (Fsp3) is 0.222. The number of ether oxygens (including phenoxy) is 1. The summed E-state index contributed by atoms with van der Waals surface area (Å²) in [5.41, 5.74) is 0.448. The number of carbonyl (C=O) groups is 1. The summed E-state index contributed by atoms with van der Waals surface area (Å²) in [4.78, 5) is 20.5. The van der Waals surface area contributed by atoms with Crippen molar-refractivity contribution in [2.45, 2.75) is 6.04 Å². The fourth-order valence-electron chi connectivity index (χ4n) is 1.36. The van der Waals surface area contributed by atoms with Crippen LogP contribution in [-0.4, -0.2) is 23.9 Å². The third-order valence-electron chi connectivity index (χ3n) is 2.10. The van der Waals surface area contributed by atoms with Gasteiger partial charge in [-0.2, -0.15) is 0 Å². The third kappa shape index (κ3) is 1.74. The number of hydrogen-bond donors (Lipinski definition) is 1. The molecule has 0 saturated carbocycles. The lowest BCUT2D eigenvalue weighted by atomic mass is 10.2. The van der Waals surface area contributed by atoms with E-state index in [9.17, 15) is 14.9 Å². The van der Waals surface area contributed by atoms with Crippen LogP contribution in [0.4, 0.5) is 11.4 Å². The summed E-state index contributed by atoms with van der Waals surface area (Å²) in [6, 6.07) is 3.79. The van der Waals surface area contributed by atoms with Gasteiger partial charge in [-0.25, -0.2) is 0 Å². The van der Waals surface area contributed by atoms with Crippen LogP contribution in [0.2, 0.25) is 0 Å². The summed E-state index contributed by atoms with van der Waals surface area (Å²) in [6.45, 7) is 0.244. The molecule has 6 heteroatoms. The maximum absolute atomic E-state index is 10.5. The molecule has 1 atom stereocenters. The third-order valence-corrected chi connectivity index (χ3v) is 2.10. The number of anilines is 1. The number of rotatable bonds is 2. The maximum Gasteiger partial charge on any atom is 0.271 e. The standard InChI is InChI=1S/C9H8N2O4/c12-4-6-5-15-9-2-1-7(11(13)14)3-8(9)10-6/h1-4,6,10H,5H2. The molecule has 15 heavy (non-hydrogen) atoms. The molecule has 0 spiro atoms. The molecule has 0 aromatic heterocycles. The molecular weight excluding hydrogens is 200 g/mol. The van der Waals surface area contributed by atoms with Crippen molar-refractivity contribution in [3.05, 3.63) is 28.3 Å². The first-order valence-corrected chi connectivity index (χ1v) is 4.34. The molecule has 1 aliphatic rings. The highest BCUT2D eigenvalue weighted by Gasteiger charge is 2.20. The minimum atomic E-state index is -0.494. The Bertz CT molecular complexity index is 419. The Morgan fingerprint density at radius 3 is 3.07 bits per heavy atom. The first kappa shape index (κ1) is 9.45. The smallest absolute Gasteiger partial charge is 0.271 e. The van der Waals surface area contributed by atoms with E-state index < -0.39 is 11.0 Å². The van der Waals surface area contributed by atoms with Gasteiger partial charge in [-0.15, -0.1) is 0 Å². The molecular formula is C9H8N2O4. The van der Waals surface area contributed by atoms with Gasteiger partial charge in [0.15, 0.2) is 0 Å². The lowest BCUT2D eigenvalue weighted by Crippen LogP contribution is -2.32. The topological polar surface area (TPSA) is 81.5 Å². The molecule has 1 aromatic carbocycles. The normalized spacial score (nSPS) is 18.3. The second kappa shape index (κ2) is 3.56. The summed E-state index contributed by atoms with van der Waals surface area (Å²) < 4.78 is 5.25. The van der Waals surface area contributed by atoms with E-state index in [1.165, 1.54) is 18.2 Å². The summed E-state index contributed by atoms with van der Waals surface area (Å²) in [5, 5.41) is 13.3. The van der Waals surface area contributed by atoms with E-state index in [0.717, 1.165) is 0 Å². The number of fused-ring (bicyclic) bond motifs is 1. The molecule has 78 valence electrons. The van der Waals surface area contributed by atoms with Gasteiger partial charge in [-0.1, -0.05) is 0 Å². The zero-order chi connectivity index (χ0) is 10.8. The molecule has 1 heterocycles. The van der Waals surface area contributed by atoms with Crippen molar-refractivity contribution in [1.82, 2.24) is 0 Å². The first-order valence-electron chi connectivity index (χ1n) is 4.34. The Morgan fingerprint density at radius 2 is 2.40 bits per heavy atom. The van der Waals surface area contributed by atoms with Gasteiger partial charge >= 0.3 is 0 Å². The molecule has 1 N–H and O–H groups in total. The number of nitro groups is 1. The van der Waals surface area contributed by atoms with Crippen LogP contribution >= 0.6 is 0 Å². The van der Waals surface area contributed by atoms with Crippen molar-refractivity contribution in [2.75, 3.05) is 11.9 Å². The van der Waals surface area contributed by atoms with Crippen LogP contribution in [0, 0.1) is 10.1 Å². The van der Waals surface area contributed by atoms with Gasteiger partial charge in [0.25, 0.3) is 5.69 Å². The van der Waals surface area contributed by atoms with Gasteiger partial charge in [0.05, 0.1) is 10.6 Å². The predicted molar refractivity (Wildman–Crippen MR) is 52.1 cm³/mol. The number of aldehydes is 1. The Morgan fingerprint density at radius 1 is 1.60 bits per heavy atom. The molecule has 1 aromatic rings. The lowest BCUT2D eigenvalue weighted by molar-refractivity contribution is -0.384. The Labute approximate surface area is 85.0 Å². The summed E-state index contributed by atoms with van der Waals surface area (Å²) in [7, 11) is 0. The van der Waals surface area contributed by atoms with Gasteiger partial charge in [0.2, 0.25) is 0 Å². The van der Waals surface area contributed by atoms with E-state index in [4.69, 9.17) is 4.74 Å². The molecule has 0 saturated heterocycles. The van der Waals surface area contributed by atoms with E-state index in [0.29, 0.717) is 17.7 Å². The molecule has 0 amide bonds. The molecule has 0 bridgehead atoms. The highest BCUT2D eigenvalue weighted by Crippen LogP contribution is 2.31. The Hall–Kier alpha value is -2.11. The van der Waals surface area contributed by atoms with Crippen LogP contribution in [0.1, 0.15) is 0 Å². The van der Waals surface area contributed by atoms with E-state index >= 15 is 0 Å². The summed E-state index contributed by atoms with van der Waals surface area (Å²) in [5.74, 6) is 0.527. The van der Waals surface area contributed by atoms with Crippen LogP contribution in [0.15, 0.2) is 18.2 Å². The van der Waals surface area contributed by atoms with Gasteiger partial charge in [0, 0.05) is 12.1 Å². The highest BCUT2D eigenvalue weighted by molar-refractivity contribution is 5.71. The number of nitrogens with one attached hydrogen (secondary N) is 1. The number of nitro benzene ring substituents is 1. The van der Waals surface area contributed by atoms with Crippen molar-refractivity contribution < 1.29 is 14.5 Å². The van der Waals surface area contributed by atoms with Crippen LogP contribution in [-0.2, 0) is 4.79 Å². The zero-order valence-electron chi connectivity index (χ0n) is 7.67. The largest absolute Gasteiger partial charge is 0.489 e. The van der Waals surface area contributed by atoms with Gasteiger partial charge < -0.3 is 14.8 Å². The number of carbonyl (C=O) groups excluding carboxylic acids is 1. The Balaban J connectivity index is 2.34. The van der Waals surface area contributed by atoms with Crippen molar-refractivity contribution in [3.8, 4) is 5.75 Å². The minimum Gasteiger partial charge on any atom is -0.489 e. The molecule has 0 radical (unpaired) electrons. The monoisotopic (exact) mass is 208 g/mol.